The SMILES string of the molecule is CC(N=O)c1c2cc(Cc3ccc(F)cc3)cnc2c(O)c2c(O)n(C)cc12. The van der Waals surface area contributed by atoms with Crippen molar-refractivity contribution in [2.75, 3.05) is 0 Å². The number of fused-ring (bicyclic) bond motifs is 2. The second-order valence-corrected chi connectivity index (χ2v) is 6.94. The highest BCUT2D eigenvalue weighted by Gasteiger charge is 2.23. The molecule has 0 bridgehead atoms. The number of aryl methyl sites for hydroxylation is 1. The number of aromatic nitrogens is 2. The molecule has 2 aromatic heterocycles. The number of benzene rings is 2. The fraction of sp³-hybridized carbons (Fsp3) is 0.190. The zero-order chi connectivity index (χ0) is 20.0. The summed E-state index contributed by atoms with van der Waals surface area (Å²) in [5.74, 6) is -0.547. The van der Waals surface area contributed by atoms with Crippen molar-refractivity contribution in [2.45, 2.75) is 19.4 Å². The van der Waals surface area contributed by atoms with E-state index in [0.29, 0.717) is 28.3 Å². The van der Waals surface area contributed by atoms with Crippen LogP contribution in [-0.4, -0.2) is 19.8 Å². The number of phenolic OH excluding ortho intramolecular Hbond substituents is 1. The number of nitrogens with zero attached hydrogens (tertiary/aromatic N) is 3. The first kappa shape index (κ1) is 17.9. The van der Waals surface area contributed by atoms with E-state index in [-0.39, 0.29) is 22.8 Å². The molecule has 4 aromatic rings. The molecule has 2 N–H and O–H groups in total. The Morgan fingerprint density at radius 1 is 1.18 bits per heavy atom. The van der Waals surface area contributed by atoms with E-state index >= 15 is 0 Å². The summed E-state index contributed by atoms with van der Waals surface area (Å²) in [5.41, 5.74) is 2.65. The van der Waals surface area contributed by atoms with Crippen molar-refractivity contribution in [3.05, 3.63) is 70.1 Å². The lowest BCUT2D eigenvalue weighted by Crippen LogP contribution is -1.97. The van der Waals surface area contributed by atoms with Crippen molar-refractivity contribution in [3.8, 4) is 11.6 Å². The lowest BCUT2D eigenvalue weighted by molar-refractivity contribution is 0.432. The molecule has 142 valence electrons. The summed E-state index contributed by atoms with van der Waals surface area (Å²) in [5, 5.41) is 25.6. The number of nitroso groups, excluding NO2 is 1. The van der Waals surface area contributed by atoms with Gasteiger partial charge in [0.2, 0.25) is 5.88 Å². The average molecular weight is 379 g/mol. The van der Waals surface area contributed by atoms with Gasteiger partial charge in [-0.1, -0.05) is 17.3 Å². The molecular formula is C21H18FN3O3. The van der Waals surface area contributed by atoms with Gasteiger partial charge in [0.1, 0.15) is 17.4 Å². The molecule has 0 fully saturated rings. The second-order valence-electron chi connectivity index (χ2n) is 6.94. The normalized spacial score (nSPS) is 12.5. The first-order chi connectivity index (χ1) is 13.4. The van der Waals surface area contributed by atoms with Gasteiger partial charge in [0, 0.05) is 30.2 Å². The van der Waals surface area contributed by atoms with Crippen LogP contribution in [0.2, 0.25) is 0 Å². The van der Waals surface area contributed by atoms with Gasteiger partial charge in [-0.3, -0.25) is 4.98 Å². The lowest BCUT2D eigenvalue weighted by atomic mass is 9.95. The highest BCUT2D eigenvalue weighted by Crippen LogP contribution is 2.44. The average Bonchev–Trinajstić information content (AvgIpc) is 2.98. The first-order valence-electron chi connectivity index (χ1n) is 8.79. The molecule has 4 rings (SSSR count). The fourth-order valence-corrected chi connectivity index (χ4v) is 3.66. The monoisotopic (exact) mass is 379 g/mol. The molecular weight excluding hydrogens is 361 g/mol. The maximum Gasteiger partial charge on any atom is 0.202 e. The smallest absolute Gasteiger partial charge is 0.202 e. The van der Waals surface area contributed by atoms with Gasteiger partial charge in [0.15, 0.2) is 5.75 Å². The van der Waals surface area contributed by atoms with Crippen LogP contribution in [0.25, 0.3) is 21.7 Å². The van der Waals surface area contributed by atoms with Crippen molar-refractivity contribution in [2.24, 2.45) is 12.2 Å². The molecule has 1 unspecified atom stereocenters. The van der Waals surface area contributed by atoms with Crippen LogP contribution in [0.4, 0.5) is 4.39 Å². The minimum Gasteiger partial charge on any atom is -0.505 e. The summed E-state index contributed by atoms with van der Waals surface area (Å²) in [6.45, 7) is 1.66. The third-order valence-corrected chi connectivity index (χ3v) is 5.03. The maximum absolute atomic E-state index is 13.1. The third-order valence-electron chi connectivity index (χ3n) is 5.03. The molecule has 0 spiro atoms. The summed E-state index contributed by atoms with van der Waals surface area (Å²) in [6, 6.07) is 7.35. The summed E-state index contributed by atoms with van der Waals surface area (Å²) in [7, 11) is 1.65. The summed E-state index contributed by atoms with van der Waals surface area (Å²) < 4.78 is 14.6. The van der Waals surface area contributed by atoms with Crippen LogP contribution in [0, 0.1) is 10.7 Å². The molecule has 6 nitrogen and oxygen atoms in total. The standard InChI is InChI=1S/C21H18FN3O3/c1-11(24-28)17-15-8-13(7-12-3-5-14(22)6-4-12)9-23-19(15)20(26)18-16(17)10-25(2)21(18)27/h3-6,8-11,26-27H,7H2,1-2H3. The molecule has 0 amide bonds. The number of rotatable bonds is 4. The largest absolute Gasteiger partial charge is 0.505 e. The molecule has 0 saturated heterocycles. The van der Waals surface area contributed by atoms with Crippen molar-refractivity contribution >= 4 is 21.7 Å². The molecule has 2 aromatic carbocycles. The van der Waals surface area contributed by atoms with E-state index in [1.165, 1.54) is 16.7 Å². The van der Waals surface area contributed by atoms with E-state index in [1.807, 2.05) is 6.07 Å². The van der Waals surface area contributed by atoms with E-state index in [1.54, 1.807) is 38.5 Å². The fourth-order valence-electron chi connectivity index (χ4n) is 3.66. The van der Waals surface area contributed by atoms with E-state index in [0.717, 1.165) is 11.1 Å². The minimum atomic E-state index is -0.699. The molecule has 28 heavy (non-hydrogen) atoms. The molecule has 7 heteroatoms. The Morgan fingerprint density at radius 2 is 1.89 bits per heavy atom. The lowest BCUT2D eigenvalue weighted by Gasteiger charge is -2.13. The summed E-state index contributed by atoms with van der Waals surface area (Å²) in [6.07, 6.45) is 3.80. The third kappa shape index (κ3) is 2.76. The van der Waals surface area contributed by atoms with Crippen LogP contribution in [0.15, 0.2) is 47.9 Å². The summed E-state index contributed by atoms with van der Waals surface area (Å²) >= 11 is 0. The van der Waals surface area contributed by atoms with Gasteiger partial charge in [0.25, 0.3) is 0 Å². The predicted molar refractivity (Wildman–Crippen MR) is 105 cm³/mol. The number of phenols is 1. The van der Waals surface area contributed by atoms with Gasteiger partial charge in [-0.25, -0.2) is 4.39 Å². The van der Waals surface area contributed by atoms with Crippen LogP contribution in [0.3, 0.4) is 0 Å². The number of pyridine rings is 1. The number of hydrogen-bond donors (Lipinski definition) is 2. The van der Waals surface area contributed by atoms with Crippen LogP contribution >= 0.6 is 0 Å². The quantitative estimate of drug-likeness (QED) is 0.503. The van der Waals surface area contributed by atoms with Crippen molar-refractivity contribution in [1.82, 2.24) is 9.55 Å². The molecule has 1 atom stereocenters. The van der Waals surface area contributed by atoms with Crippen molar-refractivity contribution in [3.63, 3.8) is 0 Å². The molecule has 0 aliphatic rings. The molecule has 0 aliphatic heterocycles. The molecule has 0 radical (unpaired) electrons. The topological polar surface area (TPSA) is 87.7 Å². The second kappa shape index (κ2) is 6.60. The predicted octanol–water partition coefficient (Wildman–Crippen LogP) is 4.70. The van der Waals surface area contributed by atoms with E-state index in [2.05, 4.69) is 10.2 Å². The minimum absolute atomic E-state index is 0.106. The molecule has 2 heterocycles. The Labute approximate surface area is 159 Å². The Bertz CT molecular complexity index is 1220. The van der Waals surface area contributed by atoms with Gasteiger partial charge < -0.3 is 14.8 Å². The molecule has 0 saturated carbocycles. The Hall–Kier alpha value is -3.48. The van der Waals surface area contributed by atoms with Gasteiger partial charge in [-0.05, 0) is 48.2 Å². The number of hydrogen-bond acceptors (Lipinski definition) is 5. The van der Waals surface area contributed by atoms with Gasteiger partial charge in [-0.2, -0.15) is 4.91 Å². The van der Waals surface area contributed by atoms with E-state index in [9.17, 15) is 19.5 Å². The zero-order valence-electron chi connectivity index (χ0n) is 15.3. The Kier molecular flexibility index (Phi) is 4.22. The van der Waals surface area contributed by atoms with Gasteiger partial charge >= 0.3 is 0 Å². The number of aromatic hydroxyl groups is 2. The first-order valence-corrected chi connectivity index (χ1v) is 8.79. The Balaban J connectivity index is 1.97. The van der Waals surface area contributed by atoms with Gasteiger partial charge in [-0.15, -0.1) is 0 Å². The maximum atomic E-state index is 13.1. The summed E-state index contributed by atoms with van der Waals surface area (Å²) in [4.78, 5) is 15.7. The van der Waals surface area contributed by atoms with Crippen LogP contribution in [0.1, 0.15) is 29.7 Å². The highest BCUT2D eigenvalue weighted by molar-refractivity contribution is 6.09. The highest BCUT2D eigenvalue weighted by atomic mass is 19.1. The van der Waals surface area contributed by atoms with Crippen molar-refractivity contribution in [1.29, 1.82) is 0 Å². The van der Waals surface area contributed by atoms with Crippen LogP contribution in [-0.2, 0) is 13.5 Å². The van der Waals surface area contributed by atoms with Crippen LogP contribution in [0.5, 0.6) is 11.6 Å². The molecule has 0 aliphatic carbocycles. The van der Waals surface area contributed by atoms with Crippen molar-refractivity contribution < 1.29 is 14.6 Å². The van der Waals surface area contributed by atoms with Crippen LogP contribution < -0.4 is 0 Å². The zero-order valence-corrected chi connectivity index (χ0v) is 15.3. The Morgan fingerprint density at radius 3 is 2.57 bits per heavy atom. The number of halogens is 1. The van der Waals surface area contributed by atoms with E-state index in [4.69, 9.17) is 0 Å². The van der Waals surface area contributed by atoms with E-state index < -0.39 is 6.04 Å². The van der Waals surface area contributed by atoms with Gasteiger partial charge in [0.05, 0.1) is 5.39 Å².